The van der Waals surface area contributed by atoms with Gasteiger partial charge in [0.05, 0.1) is 5.56 Å². The van der Waals surface area contributed by atoms with Gasteiger partial charge < -0.3 is 10.0 Å². The fourth-order valence-electron chi connectivity index (χ4n) is 3.10. The van der Waals surface area contributed by atoms with Gasteiger partial charge in [-0.05, 0) is 48.9 Å². The molecule has 21 heavy (non-hydrogen) atoms. The van der Waals surface area contributed by atoms with Crippen LogP contribution in [0.25, 0.3) is 0 Å². The Morgan fingerprint density at radius 2 is 1.90 bits per heavy atom. The molecular formula is C16H20N2O3. The summed E-state index contributed by atoms with van der Waals surface area (Å²) in [6, 6.07) is 5.08. The Bertz CT molecular complexity index is 577. The first-order chi connectivity index (χ1) is 10.1. The van der Waals surface area contributed by atoms with Crippen molar-refractivity contribution < 1.29 is 14.7 Å². The van der Waals surface area contributed by atoms with Gasteiger partial charge >= 0.3 is 12.0 Å². The van der Waals surface area contributed by atoms with Crippen LogP contribution in [0, 0.1) is 5.92 Å². The molecule has 0 aliphatic carbocycles. The molecule has 1 aromatic carbocycles. The number of hydrogen-bond acceptors (Lipinski definition) is 2. The maximum absolute atomic E-state index is 12.6. The van der Waals surface area contributed by atoms with Gasteiger partial charge in [-0.15, -0.1) is 0 Å². The highest BCUT2D eigenvalue weighted by Crippen LogP contribution is 2.30. The predicted octanol–water partition coefficient (Wildman–Crippen LogP) is 2.60. The molecule has 2 amide bonds. The van der Waals surface area contributed by atoms with E-state index in [1.54, 1.807) is 23.1 Å². The topological polar surface area (TPSA) is 60.9 Å². The summed E-state index contributed by atoms with van der Waals surface area (Å²) in [5.74, 6) is -0.231. The highest BCUT2D eigenvalue weighted by molar-refractivity contribution is 5.96. The van der Waals surface area contributed by atoms with Gasteiger partial charge in [0.15, 0.2) is 0 Å². The van der Waals surface area contributed by atoms with Crippen LogP contribution < -0.4 is 4.90 Å². The van der Waals surface area contributed by atoms with Gasteiger partial charge in [0.25, 0.3) is 0 Å². The molecule has 2 aliphatic rings. The van der Waals surface area contributed by atoms with Crippen molar-refractivity contribution in [1.82, 2.24) is 4.90 Å². The molecule has 0 bridgehead atoms. The van der Waals surface area contributed by atoms with Gasteiger partial charge in [0, 0.05) is 25.3 Å². The maximum atomic E-state index is 12.6. The number of amides is 2. The SMILES string of the molecule is CC1CCN(C(=O)N2CCc3cc(C(=O)O)ccc32)CC1. The van der Waals surface area contributed by atoms with Crippen LogP contribution in [-0.2, 0) is 6.42 Å². The lowest BCUT2D eigenvalue weighted by Crippen LogP contribution is -2.46. The summed E-state index contributed by atoms with van der Waals surface area (Å²) in [5.41, 5.74) is 2.10. The zero-order valence-electron chi connectivity index (χ0n) is 12.2. The minimum atomic E-state index is -0.924. The van der Waals surface area contributed by atoms with Crippen LogP contribution >= 0.6 is 0 Å². The monoisotopic (exact) mass is 288 g/mol. The molecule has 0 radical (unpaired) electrons. The van der Waals surface area contributed by atoms with E-state index in [1.165, 1.54) is 0 Å². The molecule has 0 spiro atoms. The second-order valence-corrected chi connectivity index (χ2v) is 6.00. The van der Waals surface area contributed by atoms with Crippen LogP contribution in [-0.4, -0.2) is 41.6 Å². The number of likely N-dealkylation sites (tertiary alicyclic amines) is 1. The van der Waals surface area contributed by atoms with Gasteiger partial charge in [0.2, 0.25) is 0 Å². The summed E-state index contributed by atoms with van der Waals surface area (Å²) >= 11 is 0. The summed E-state index contributed by atoms with van der Waals surface area (Å²) in [6.07, 6.45) is 2.85. The summed E-state index contributed by atoms with van der Waals surface area (Å²) in [7, 11) is 0. The molecule has 1 saturated heterocycles. The lowest BCUT2D eigenvalue weighted by Gasteiger charge is -2.33. The molecule has 2 aliphatic heterocycles. The average Bonchev–Trinajstić information content (AvgIpc) is 2.90. The lowest BCUT2D eigenvalue weighted by molar-refractivity contribution is 0.0697. The molecule has 1 N–H and O–H groups in total. The van der Waals surface area contributed by atoms with Crippen molar-refractivity contribution in [3.05, 3.63) is 29.3 Å². The molecule has 3 rings (SSSR count). The Morgan fingerprint density at radius 1 is 1.19 bits per heavy atom. The average molecular weight is 288 g/mol. The van der Waals surface area contributed by atoms with Crippen LogP contribution in [0.1, 0.15) is 35.7 Å². The van der Waals surface area contributed by atoms with Crippen molar-refractivity contribution in [2.24, 2.45) is 5.92 Å². The third kappa shape index (κ3) is 2.60. The summed E-state index contributed by atoms with van der Waals surface area (Å²) in [5, 5.41) is 9.03. The van der Waals surface area contributed by atoms with Gasteiger partial charge in [0.1, 0.15) is 0 Å². The van der Waals surface area contributed by atoms with Crippen LogP contribution in [0.4, 0.5) is 10.5 Å². The minimum absolute atomic E-state index is 0.0590. The molecular weight excluding hydrogens is 268 g/mol. The number of carboxylic acid groups (broad SMARTS) is 1. The first kappa shape index (κ1) is 13.9. The Kier molecular flexibility index (Phi) is 3.57. The Labute approximate surface area is 124 Å². The lowest BCUT2D eigenvalue weighted by atomic mass is 9.99. The van der Waals surface area contributed by atoms with Crippen molar-refractivity contribution in [2.75, 3.05) is 24.5 Å². The van der Waals surface area contributed by atoms with Gasteiger partial charge in [-0.3, -0.25) is 4.90 Å². The second kappa shape index (κ2) is 5.39. The number of anilines is 1. The molecule has 0 saturated carbocycles. The number of urea groups is 1. The van der Waals surface area contributed by atoms with E-state index in [0.29, 0.717) is 12.5 Å². The quantitative estimate of drug-likeness (QED) is 0.864. The molecule has 0 aromatic heterocycles. The Hall–Kier alpha value is -2.04. The van der Waals surface area contributed by atoms with E-state index >= 15 is 0 Å². The zero-order chi connectivity index (χ0) is 15.0. The molecule has 1 fully saturated rings. The number of piperidine rings is 1. The number of carbonyl (C=O) groups is 2. The first-order valence-electron chi connectivity index (χ1n) is 7.49. The van der Waals surface area contributed by atoms with E-state index in [9.17, 15) is 9.59 Å². The van der Waals surface area contributed by atoms with Crippen molar-refractivity contribution >= 4 is 17.7 Å². The molecule has 0 unspecified atom stereocenters. The second-order valence-electron chi connectivity index (χ2n) is 6.00. The third-order valence-corrected chi connectivity index (χ3v) is 4.51. The highest BCUT2D eigenvalue weighted by atomic mass is 16.4. The molecule has 2 heterocycles. The number of aromatic carboxylic acids is 1. The van der Waals surface area contributed by atoms with E-state index in [2.05, 4.69) is 6.92 Å². The molecule has 1 aromatic rings. The van der Waals surface area contributed by atoms with E-state index < -0.39 is 5.97 Å². The van der Waals surface area contributed by atoms with E-state index in [0.717, 1.165) is 43.6 Å². The number of carboxylic acids is 1. The molecule has 112 valence electrons. The van der Waals surface area contributed by atoms with Crippen molar-refractivity contribution in [2.45, 2.75) is 26.2 Å². The van der Waals surface area contributed by atoms with Crippen LogP contribution in [0.5, 0.6) is 0 Å². The molecule has 5 nitrogen and oxygen atoms in total. The summed E-state index contributed by atoms with van der Waals surface area (Å²) in [6.45, 7) is 4.50. The standard InChI is InChI=1S/C16H20N2O3/c1-11-4-7-17(8-5-11)16(21)18-9-6-12-10-13(15(19)20)2-3-14(12)18/h2-3,10-11H,4-9H2,1H3,(H,19,20). The summed E-state index contributed by atoms with van der Waals surface area (Å²) < 4.78 is 0. The Balaban J connectivity index is 1.78. The zero-order valence-corrected chi connectivity index (χ0v) is 12.2. The molecule has 0 atom stereocenters. The number of benzene rings is 1. The number of fused-ring (bicyclic) bond motifs is 1. The Morgan fingerprint density at radius 3 is 2.57 bits per heavy atom. The van der Waals surface area contributed by atoms with Crippen LogP contribution in [0.3, 0.4) is 0 Å². The highest BCUT2D eigenvalue weighted by Gasteiger charge is 2.30. The fraction of sp³-hybridized carbons (Fsp3) is 0.500. The third-order valence-electron chi connectivity index (χ3n) is 4.51. The van der Waals surface area contributed by atoms with Gasteiger partial charge in [-0.25, -0.2) is 9.59 Å². The van der Waals surface area contributed by atoms with Crippen molar-refractivity contribution in [3.63, 3.8) is 0 Å². The van der Waals surface area contributed by atoms with Crippen LogP contribution in [0.15, 0.2) is 18.2 Å². The summed E-state index contributed by atoms with van der Waals surface area (Å²) in [4.78, 5) is 27.3. The number of rotatable bonds is 1. The van der Waals surface area contributed by atoms with E-state index in [1.807, 2.05) is 4.90 Å². The van der Waals surface area contributed by atoms with Gasteiger partial charge in [-0.1, -0.05) is 6.92 Å². The largest absolute Gasteiger partial charge is 0.478 e. The van der Waals surface area contributed by atoms with Crippen LogP contribution in [0.2, 0.25) is 0 Å². The van der Waals surface area contributed by atoms with Gasteiger partial charge in [-0.2, -0.15) is 0 Å². The number of nitrogens with zero attached hydrogens (tertiary/aromatic N) is 2. The first-order valence-corrected chi connectivity index (χ1v) is 7.49. The molecule has 5 heteroatoms. The van der Waals surface area contributed by atoms with E-state index in [4.69, 9.17) is 5.11 Å². The minimum Gasteiger partial charge on any atom is -0.478 e. The predicted molar refractivity (Wildman–Crippen MR) is 79.8 cm³/mol. The fourth-order valence-corrected chi connectivity index (χ4v) is 3.10. The van der Waals surface area contributed by atoms with Crippen molar-refractivity contribution in [1.29, 1.82) is 0 Å². The van der Waals surface area contributed by atoms with Crippen molar-refractivity contribution in [3.8, 4) is 0 Å². The normalized spacial score (nSPS) is 18.7. The number of carbonyl (C=O) groups excluding carboxylic acids is 1. The maximum Gasteiger partial charge on any atom is 0.335 e. The smallest absolute Gasteiger partial charge is 0.335 e. The van der Waals surface area contributed by atoms with E-state index in [-0.39, 0.29) is 11.6 Å². The number of hydrogen-bond donors (Lipinski definition) is 1.